The second kappa shape index (κ2) is 7.98. The molecule has 2 aromatic carbocycles. The van der Waals surface area contributed by atoms with Gasteiger partial charge in [-0.15, -0.1) is 0 Å². The molecule has 4 aromatic rings. The van der Waals surface area contributed by atoms with E-state index in [1.807, 2.05) is 0 Å². The smallest absolute Gasteiger partial charge is 0.348 e. The number of carbonyl (C=O) groups excluding carboxylic acids is 2. The first kappa shape index (κ1) is 20.6. The Morgan fingerprint density at radius 3 is 2.36 bits per heavy atom. The molecule has 0 amide bonds. The van der Waals surface area contributed by atoms with Gasteiger partial charge in [0.05, 0.1) is 30.7 Å². The third-order valence-corrected chi connectivity index (χ3v) is 5.61. The summed E-state index contributed by atoms with van der Waals surface area (Å²) in [5, 5.41) is 0.577. The molecule has 2 atom stereocenters. The maximum absolute atomic E-state index is 12.9. The van der Waals surface area contributed by atoms with Gasteiger partial charge in [-0.05, 0) is 36.4 Å². The van der Waals surface area contributed by atoms with Crippen LogP contribution in [0.25, 0.3) is 22.3 Å². The number of carbonyl (C=O) groups is 2. The summed E-state index contributed by atoms with van der Waals surface area (Å²) in [5.41, 5.74) is 1.05. The molecule has 166 valence electrons. The van der Waals surface area contributed by atoms with Crippen LogP contribution in [0.4, 0.5) is 0 Å². The van der Waals surface area contributed by atoms with Crippen molar-refractivity contribution >= 4 is 22.9 Å². The predicted molar refractivity (Wildman–Crippen MR) is 116 cm³/mol. The SMILES string of the molecule is COC(=O)c1ccc(-c2ccc([C@H]3c4c(c5ccccc5oc4=O)O[C@H]3C(=O)OC)o2)cc1. The van der Waals surface area contributed by atoms with Crippen LogP contribution in [0.15, 0.2) is 74.3 Å². The Morgan fingerprint density at radius 1 is 0.879 bits per heavy atom. The van der Waals surface area contributed by atoms with Crippen molar-refractivity contribution in [3.8, 4) is 17.1 Å². The molecular weight excluding hydrogens is 428 g/mol. The van der Waals surface area contributed by atoms with E-state index in [2.05, 4.69) is 0 Å². The van der Waals surface area contributed by atoms with E-state index in [4.69, 9.17) is 23.0 Å². The van der Waals surface area contributed by atoms with Gasteiger partial charge in [0.15, 0.2) is 0 Å². The Labute approximate surface area is 187 Å². The summed E-state index contributed by atoms with van der Waals surface area (Å²) in [6.45, 7) is 0. The summed E-state index contributed by atoms with van der Waals surface area (Å²) in [7, 11) is 2.57. The molecule has 1 aliphatic heterocycles. The van der Waals surface area contributed by atoms with Crippen molar-refractivity contribution in [1.82, 2.24) is 0 Å². The van der Waals surface area contributed by atoms with E-state index < -0.39 is 29.6 Å². The minimum atomic E-state index is -1.11. The number of benzene rings is 2. The normalized spacial score (nSPS) is 16.8. The lowest BCUT2D eigenvalue weighted by Gasteiger charge is -2.14. The average Bonchev–Trinajstić information content (AvgIpc) is 3.49. The topological polar surface area (TPSA) is 105 Å². The monoisotopic (exact) mass is 446 g/mol. The molecule has 3 heterocycles. The van der Waals surface area contributed by atoms with Gasteiger partial charge in [0.2, 0.25) is 6.10 Å². The second-order valence-corrected chi connectivity index (χ2v) is 7.44. The van der Waals surface area contributed by atoms with E-state index in [0.717, 1.165) is 0 Å². The Morgan fingerprint density at radius 2 is 1.64 bits per heavy atom. The lowest BCUT2D eigenvalue weighted by molar-refractivity contribution is -0.148. The van der Waals surface area contributed by atoms with Crippen molar-refractivity contribution in [2.24, 2.45) is 0 Å². The quantitative estimate of drug-likeness (QED) is 0.343. The Bertz CT molecular complexity index is 1430. The van der Waals surface area contributed by atoms with E-state index in [9.17, 15) is 14.4 Å². The van der Waals surface area contributed by atoms with Gasteiger partial charge in [0.25, 0.3) is 0 Å². The summed E-state index contributed by atoms with van der Waals surface area (Å²) in [6.07, 6.45) is -1.11. The largest absolute Gasteiger partial charge is 0.476 e. The maximum atomic E-state index is 12.9. The minimum Gasteiger partial charge on any atom is -0.476 e. The number of para-hydroxylation sites is 1. The van der Waals surface area contributed by atoms with Crippen LogP contribution in [0, 0.1) is 0 Å². The number of furan rings is 1. The standard InChI is InChI=1S/C25H18O8/c1-29-23(26)14-9-7-13(8-10-14)16-11-12-18(31-16)19-20-21(33-22(19)25(28)30-2)15-5-3-4-6-17(15)32-24(20)27/h3-12,19,22H,1-2H3/t19-,22+/m0/s1. The molecule has 1 aliphatic rings. The van der Waals surface area contributed by atoms with Crippen molar-refractivity contribution in [3.05, 3.63) is 88.0 Å². The molecule has 0 N–H and O–H groups in total. The first-order valence-corrected chi connectivity index (χ1v) is 10.1. The van der Waals surface area contributed by atoms with Crippen LogP contribution in [0.3, 0.4) is 0 Å². The lowest BCUT2D eigenvalue weighted by Crippen LogP contribution is -2.31. The van der Waals surface area contributed by atoms with Gasteiger partial charge in [-0.25, -0.2) is 14.4 Å². The molecule has 0 fully saturated rings. The van der Waals surface area contributed by atoms with Gasteiger partial charge in [0, 0.05) is 5.56 Å². The van der Waals surface area contributed by atoms with Crippen LogP contribution in [0.2, 0.25) is 0 Å². The highest BCUT2D eigenvalue weighted by Crippen LogP contribution is 2.45. The van der Waals surface area contributed by atoms with Crippen LogP contribution >= 0.6 is 0 Å². The summed E-state index contributed by atoms with van der Waals surface area (Å²) < 4.78 is 27.1. The molecule has 0 aliphatic carbocycles. The maximum Gasteiger partial charge on any atom is 0.348 e. The van der Waals surface area contributed by atoms with E-state index in [0.29, 0.717) is 33.6 Å². The highest BCUT2D eigenvalue weighted by Gasteiger charge is 2.46. The number of methoxy groups -OCH3 is 2. The summed E-state index contributed by atoms with van der Waals surface area (Å²) in [6, 6.07) is 17.0. The minimum absolute atomic E-state index is 0.200. The summed E-state index contributed by atoms with van der Waals surface area (Å²) in [4.78, 5) is 37.1. The van der Waals surface area contributed by atoms with Crippen molar-refractivity contribution in [2.45, 2.75) is 12.0 Å². The molecule has 0 spiro atoms. The van der Waals surface area contributed by atoms with Gasteiger partial charge in [0.1, 0.15) is 28.8 Å². The fourth-order valence-electron chi connectivity index (χ4n) is 4.03. The van der Waals surface area contributed by atoms with Gasteiger partial charge in [-0.1, -0.05) is 24.3 Å². The Balaban J connectivity index is 1.59. The van der Waals surface area contributed by atoms with E-state index >= 15 is 0 Å². The molecule has 0 unspecified atom stereocenters. The third kappa shape index (κ3) is 3.36. The molecule has 2 aromatic heterocycles. The first-order chi connectivity index (χ1) is 16.0. The lowest BCUT2D eigenvalue weighted by atomic mass is 9.93. The fraction of sp³-hybridized carbons (Fsp3) is 0.160. The Kier molecular flexibility index (Phi) is 4.97. The van der Waals surface area contributed by atoms with Gasteiger partial charge in [-0.2, -0.15) is 0 Å². The zero-order valence-corrected chi connectivity index (χ0v) is 17.7. The highest BCUT2D eigenvalue weighted by molar-refractivity contribution is 5.90. The molecule has 33 heavy (non-hydrogen) atoms. The van der Waals surface area contributed by atoms with E-state index in [-0.39, 0.29) is 11.3 Å². The van der Waals surface area contributed by atoms with Crippen LogP contribution in [0.1, 0.15) is 27.6 Å². The zero-order valence-electron chi connectivity index (χ0n) is 17.7. The van der Waals surface area contributed by atoms with Crippen LogP contribution in [0.5, 0.6) is 5.75 Å². The van der Waals surface area contributed by atoms with Crippen molar-refractivity contribution < 1.29 is 32.6 Å². The number of fused-ring (bicyclic) bond motifs is 3. The Hall–Kier alpha value is -4.33. The number of esters is 2. The molecule has 8 heteroatoms. The molecule has 8 nitrogen and oxygen atoms in total. The first-order valence-electron chi connectivity index (χ1n) is 10.1. The van der Waals surface area contributed by atoms with Crippen LogP contribution in [-0.4, -0.2) is 32.3 Å². The molecule has 0 saturated carbocycles. The molecule has 0 bridgehead atoms. The number of rotatable bonds is 4. The predicted octanol–water partition coefficient (Wildman–Crippen LogP) is 3.91. The third-order valence-electron chi connectivity index (χ3n) is 5.61. The fourth-order valence-corrected chi connectivity index (χ4v) is 4.03. The molecule has 0 radical (unpaired) electrons. The average molecular weight is 446 g/mol. The van der Waals surface area contributed by atoms with Crippen molar-refractivity contribution in [3.63, 3.8) is 0 Å². The zero-order chi connectivity index (χ0) is 23.1. The number of hydrogen-bond donors (Lipinski definition) is 0. The van der Waals surface area contributed by atoms with Gasteiger partial charge < -0.3 is 23.0 Å². The van der Waals surface area contributed by atoms with Crippen molar-refractivity contribution in [2.75, 3.05) is 14.2 Å². The van der Waals surface area contributed by atoms with Crippen molar-refractivity contribution in [1.29, 1.82) is 0 Å². The van der Waals surface area contributed by atoms with Gasteiger partial charge >= 0.3 is 17.6 Å². The molecular formula is C25H18O8. The van der Waals surface area contributed by atoms with Crippen LogP contribution in [-0.2, 0) is 14.3 Å². The van der Waals surface area contributed by atoms with E-state index in [1.54, 1.807) is 60.7 Å². The van der Waals surface area contributed by atoms with E-state index in [1.165, 1.54) is 14.2 Å². The number of ether oxygens (including phenoxy) is 3. The second-order valence-electron chi connectivity index (χ2n) is 7.44. The highest BCUT2D eigenvalue weighted by atomic mass is 16.6. The van der Waals surface area contributed by atoms with Crippen LogP contribution < -0.4 is 10.4 Å². The summed E-state index contributed by atoms with van der Waals surface area (Å²) in [5.74, 6) is -0.817. The number of hydrogen-bond acceptors (Lipinski definition) is 8. The molecule has 0 saturated heterocycles. The van der Waals surface area contributed by atoms with Gasteiger partial charge in [-0.3, -0.25) is 0 Å². The summed E-state index contributed by atoms with van der Waals surface area (Å²) >= 11 is 0. The molecule has 5 rings (SSSR count).